The molecule has 0 aliphatic heterocycles. The van der Waals surface area contributed by atoms with Crippen LogP contribution in [-0.4, -0.2) is 31.4 Å². The fraction of sp³-hybridized carbons (Fsp3) is 0.556. The van der Waals surface area contributed by atoms with Crippen molar-refractivity contribution in [3.05, 3.63) is 0 Å². The van der Waals surface area contributed by atoms with Crippen molar-refractivity contribution in [1.82, 2.24) is 0 Å². The zero-order chi connectivity index (χ0) is 11.2. The van der Waals surface area contributed by atoms with Gasteiger partial charge in [-0.15, -0.1) is 6.42 Å². The minimum atomic E-state index is -1.37. The first-order valence-electron chi connectivity index (χ1n) is 3.81. The third-order valence-corrected chi connectivity index (χ3v) is 1.29. The van der Waals surface area contributed by atoms with Crippen LogP contribution in [0.15, 0.2) is 0 Å². The fourth-order valence-electron chi connectivity index (χ4n) is 0.626. The van der Waals surface area contributed by atoms with Gasteiger partial charge in [0.05, 0.1) is 7.11 Å². The normalized spacial score (nSPS) is 9.86. The van der Waals surface area contributed by atoms with E-state index in [9.17, 15) is 9.59 Å². The van der Waals surface area contributed by atoms with Gasteiger partial charge in [0.1, 0.15) is 0 Å². The number of carbonyl (C=O) groups is 2. The first-order chi connectivity index (χ1) is 6.44. The topological polar surface area (TPSA) is 61.8 Å². The lowest BCUT2D eigenvalue weighted by Crippen LogP contribution is -2.38. The third kappa shape index (κ3) is 3.81. The van der Waals surface area contributed by atoms with Crippen molar-refractivity contribution in [2.75, 3.05) is 13.7 Å². The SMILES string of the molecule is C#CCOC(=O)OC(C)(C)C(=O)OC. The summed E-state index contributed by atoms with van der Waals surface area (Å²) >= 11 is 0. The van der Waals surface area contributed by atoms with Gasteiger partial charge in [0.25, 0.3) is 0 Å². The van der Waals surface area contributed by atoms with Crippen molar-refractivity contribution in [1.29, 1.82) is 0 Å². The van der Waals surface area contributed by atoms with Gasteiger partial charge >= 0.3 is 12.1 Å². The molecule has 0 aliphatic carbocycles. The lowest BCUT2D eigenvalue weighted by molar-refractivity contribution is -0.160. The van der Waals surface area contributed by atoms with Crippen LogP contribution < -0.4 is 0 Å². The third-order valence-electron chi connectivity index (χ3n) is 1.29. The summed E-state index contributed by atoms with van der Waals surface area (Å²) in [4.78, 5) is 21.9. The van der Waals surface area contributed by atoms with Crippen LogP contribution in [0.4, 0.5) is 4.79 Å². The zero-order valence-corrected chi connectivity index (χ0v) is 8.33. The van der Waals surface area contributed by atoms with Gasteiger partial charge in [-0.2, -0.15) is 0 Å². The minimum Gasteiger partial charge on any atom is -0.466 e. The van der Waals surface area contributed by atoms with E-state index in [2.05, 4.69) is 20.1 Å². The number of carbonyl (C=O) groups excluding carboxylic acids is 2. The Morgan fingerprint density at radius 1 is 1.43 bits per heavy atom. The summed E-state index contributed by atoms with van der Waals surface area (Å²) in [6.45, 7) is 2.57. The maximum Gasteiger partial charge on any atom is 0.510 e. The molecule has 78 valence electrons. The first-order valence-corrected chi connectivity index (χ1v) is 3.81. The molecule has 0 heterocycles. The van der Waals surface area contributed by atoms with Crippen molar-refractivity contribution in [2.45, 2.75) is 19.4 Å². The maximum absolute atomic E-state index is 11.0. The Bertz CT molecular complexity index is 261. The molecule has 0 aliphatic rings. The molecule has 5 nitrogen and oxygen atoms in total. The molecule has 0 saturated heterocycles. The Hall–Kier alpha value is -1.70. The smallest absolute Gasteiger partial charge is 0.466 e. The average Bonchev–Trinajstić information content (AvgIpc) is 2.12. The van der Waals surface area contributed by atoms with Gasteiger partial charge in [0.15, 0.2) is 6.61 Å². The average molecular weight is 200 g/mol. The number of hydrogen-bond acceptors (Lipinski definition) is 5. The number of hydrogen-bond donors (Lipinski definition) is 0. The Balaban J connectivity index is 4.16. The predicted molar refractivity (Wildman–Crippen MR) is 47.4 cm³/mol. The van der Waals surface area contributed by atoms with Gasteiger partial charge in [-0.05, 0) is 13.8 Å². The van der Waals surface area contributed by atoms with E-state index in [0.717, 1.165) is 0 Å². The van der Waals surface area contributed by atoms with E-state index in [4.69, 9.17) is 6.42 Å². The molecule has 0 aromatic rings. The highest BCUT2D eigenvalue weighted by atomic mass is 16.7. The maximum atomic E-state index is 11.0. The highest BCUT2D eigenvalue weighted by Gasteiger charge is 2.33. The highest BCUT2D eigenvalue weighted by molar-refractivity contribution is 5.81. The first kappa shape index (κ1) is 12.3. The number of esters is 1. The summed E-state index contributed by atoms with van der Waals surface area (Å²) in [5.74, 6) is 1.42. The summed E-state index contributed by atoms with van der Waals surface area (Å²) in [7, 11) is 1.19. The van der Waals surface area contributed by atoms with Crippen LogP contribution in [0.5, 0.6) is 0 Å². The van der Waals surface area contributed by atoms with E-state index in [-0.39, 0.29) is 6.61 Å². The van der Waals surface area contributed by atoms with Crippen LogP contribution in [0.1, 0.15) is 13.8 Å². The number of ether oxygens (including phenoxy) is 3. The lowest BCUT2D eigenvalue weighted by Gasteiger charge is -2.20. The van der Waals surface area contributed by atoms with Crippen molar-refractivity contribution in [2.24, 2.45) is 0 Å². The van der Waals surface area contributed by atoms with E-state index in [1.165, 1.54) is 21.0 Å². The van der Waals surface area contributed by atoms with Crippen LogP contribution in [0, 0.1) is 12.3 Å². The standard InChI is InChI=1S/C9H12O5/c1-5-6-13-8(11)14-9(2,3)7(10)12-4/h1H,6H2,2-4H3. The Morgan fingerprint density at radius 2 is 2.00 bits per heavy atom. The Kier molecular flexibility index (Phi) is 4.50. The van der Waals surface area contributed by atoms with E-state index in [1.54, 1.807) is 0 Å². The van der Waals surface area contributed by atoms with Gasteiger partial charge in [-0.25, -0.2) is 9.59 Å². The molecule has 0 saturated carbocycles. The molecule has 0 bridgehead atoms. The number of methoxy groups -OCH3 is 1. The van der Waals surface area contributed by atoms with Crippen molar-refractivity contribution in [3.8, 4) is 12.3 Å². The zero-order valence-electron chi connectivity index (χ0n) is 8.33. The molecule has 0 amide bonds. The lowest BCUT2D eigenvalue weighted by atomic mass is 10.1. The molecule has 0 rings (SSSR count). The molecule has 0 unspecified atom stereocenters. The number of rotatable bonds is 3. The van der Waals surface area contributed by atoms with Crippen LogP contribution in [0.25, 0.3) is 0 Å². The van der Waals surface area contributed by atoms with Crippen LogP contribution in [0.3, 0.4) is 0 Å². The summed E-state index contributed by atoms with van der Waals surface area (Å²) < 4.78 is 13.5. The van der Waals surface area contributed by atoms with Gasteiger partial charge < -0.3 is 14.2 Å². The molecule has 0 aromatic heterocycles. The summed E-state index contributed by atoms with van der Waals surface area (Å²) in [5, 5.41) is 0. The van der Waals surface area contributed by atoms with E-state index >= 15 is 0 Å². The second-order valence-electron chi connectivity index (χ2n) is 2.85. The molecular weight excluding hydrogens is 188 g/mol. The van der Waals surface area contributed by atoms with Crippen LogP contribution >= 0.6 is 0 Å². The van der Waals surface area contributed by atoms with E-state index in [1.807, 2.05) is 0 Å². The fourth-order valence-corrected chi connectivity index (χ4v) is 0.626. The summed E-state index contributed by atoms with van der Waals surface area (Å²) in [5.41, 5.74) is -1.37. The molecule has 0 radical (unpaired) electrons. The van der Waals surface area contributed by atoms with Crippen LogP contribution in [0.2, 0.25) is 0 Å². The Labute approximate surface area is 82.3 Å². The van der Waals surface area contributed by atoms with Gasteiger partial charge in [-0.1, -0.05) is 5.92 Å². The monoisotopic (exact) mass is 200 g/mol. The second kappa shape index (κ2) is 5.12. The van der Waals surface area contributed by atoms with Gasteiger partial charge in [-0.3, -0.25) is 0 Å². The number of terminal acetylenes is 1. The minimum absolute atomic E-state index is 0.198. The van der Waals surface area contributed by atoms with E-state index < -0.39 is 17.7 Å². The largest absolute Gasteiger partial charge is 0.510 e. The van der Waals surface area contributed by atoms with Crippen molar-refractivity contribution in [3.63, 3.8) is 0 Å². The van der Waals surface area contributed by atoms with Gasteiger partial charge in [0, 0.05) is 0 Å². The summed E-state index contributed by atoms with van der Waals surface area (Å²) in [6.07, 6.45) is 3.85. The van der Waals surface area contributed by atoms with Crippen molar-refractivity contribution < 1.29 is 23.8 Å². The van der Waals surface area contributed by atoms with E-state index in [0.29, 0.717) is 0 Å². The second-order valence-corrected chi connectivity index (χ2v) is 2.85. The molecule has 14 heavy (non-hydrogen) atoms. The summed E-state index contributed by atoms with van der Waals surface area (Å²) in [6, 6.07) is 0. The van der Waals surface area contributed by atoms with Crippen LogP contribution in [-0.2, 0) is 19.0 Å². The predicted octanol–water partition coefficient (Wildman–Crippen LogP) is 0.724. The molecule has 5 heteroatoms. The molecule has 0 aromatic carbocycles. The molecule has 0 spiro atoms. The Morgan fingerprint density at radius 3 is 2.43 bits per heavy atom. The molecule has 0 atom stereocenters. The van der Waals surface area contributed by atoms with Gasteiger partial charge in [0.2, 0.25) is 5.60 Å². The molecule has 0 N–H and O–H groups in total. The van der Waals surface area contributed by atoms with Crippen molar-refractivity contribution >= 4 is 12.1 Å². The molecular formula is C9H12O5. The quantitative estimate of drug-likeness (QED) is 0.496. The molecule has 0 fully saturated rings. The highest BCUT2D eigenvalue weighted by Crippen LogP contribution is 2.12.